The predicted octanol–water partition coefficient (Wildman–Crippen LogP) is 3.30. The van der Waals surface area contributed by atoms with E-state index in [4.69, 9.17) is 15.2 Å². The number of esters is 2. The van der Waals surface area contributed by atoms with E-state index in [1.807, 2.05) is 20.8 Å². The number of ether oxygens (including phenoxy) is 2. The number of nitrogens with two attached hydrogens (primary N) is 1. The maximum absolute atomic E-state index is 12.3. The number of halogens is 1. The zero-order valence-corrected chi connectivity index (χ0v) is 17.1. The Morgan fingerprint density at radius 1 is 1.16 bits per heavy atom. The lowest BCUT2D eigenvalue weighted by atomic mass is 10.1. The number of anilines is 1. The van der Waals surface area contributed by atoms with Gasteiger partial charge in [-0.3, -0.25) is 0 Å². The molecule has 0 aliphatic rings. The van der Waals surface area contributed by atoms with Crippen molar-refractivity contribution in [3.05, 3.63) is 29.3 Å². The summed E-state index contributed by atoms with van der Waals surface area (Å²) in [4.78, 5) is 26.8. The van der Waals surface area contributed by atoms with Crippen LogP contribution in [0.3, 0.4) is 0 Å². The SMILES string of the molecule is Br.CCC(C)OC(=O)c1c(N)cccc1C(=O)OCCN(CC)CC. The molecule has 1 rings (SSSR count). The number of hydrogen-bond acceptors (Lipinski definition) is 6. The topological polar surface area (TPSA) is 81.9 Å². The van der Waals surface area contributed by atoms with Gasteiger partial charge < -0.3 is 20.1 Å². The molecule has 0 saturated heterocycles. The van der Waals surface area contributed by atoms with Gasteiger partial charge in [0.25, 0.3) is 0 Å². The molecule has 7 heteroatoms. The lowest BCUT2D eigenvalue weighted by molar-refractivity contribution is 0.0320. The lowest BCUT2D eigenvalue weighted by Crippen LogP contribution is -2.28. The Bertz CT molecular complexity index is 562. The van der Waals surface area contributed by atoms with Crippen LogP contribution < -0.4 is 5.73 Å². The van der Waals surface area contributed by atoms with Crippen molar-refractivity contribution in [2.24, 2.45) is 0 Å². The van der Waals surface area contributed by atoms with Crippen LogP contribution in [-0.2, 0) is 9.47 Å². The van der Waals surface area contributed by atoms with E-state index < -0.39 is 11.9 Å². The summed E-state index contributed by atoms with van der Waals surface area (Å²) in [5, 5.41) is 0. The Morgan fingerprint density at radius 3 is 2.36 bits per heavy atom. The molecular weight excluding hydrogens is 388 g/mol. The minimum atomic E-state index is -0.599. The smallest absolute Gasteiger partial charge is 0.341 e. The molecule has 0 bridgehead atoms. The first-order chi connectivity index (χ1) is 11.4. The molecule has 0 aliphatic carbocycles. The second-order valence-electron chi connectivity index (χ2n) is 5.56. The van der Waals surface area contributed by atoms with Crippen molar-refractivity contribution in [1.82, 2.24) is 4.90 Å². The van der Waals surface area contributed by atoms with Crippen molar-refractivity contribution in [2.75, 3.05) is 32.0 Å². The molecule has 0 aliphatic heterocycles. The van der Waals surface area contributed by atoms with E-state index in [0.717, 1.165) is 13.1 Å². The van der Waals surface area contributed by atoms with Crippen LogP contribution in [0.5, 0.6) is 0 Å². The van der Waals surface area contributed by atoms with Crippen LogP contribution in [0.1, 0.15) is 54.8 Å². The first kappa shape index (κ1) is 23.4. The molecule has 1 unspecified atom stereocenters. The van der Waals surface area contributed by atoms with Gasteiger partial charge in [0.1, 0.15) is 6.61 Å². The largest absolute Gasteiger partial charge is 0.461 e. The zero-order valence-electron chi connectivity index (χ0n) is 15.4. The van der Waals surface area contributed by atoms with E-state index in [-0.39, 0.29) is 46.5 Å². The van der Waals surface area contributed by atoms with Gasteiger partial charge in [-0.25, -0.2) is 9.59 Å². The number of benzene rings is 1. The van der Waals surface area contributed by atoms with Crippen molar-refractivity contribution in [1.29, 1.82) is 0 Å². The lowest BCUT2D eigenvalue weighted by Gasteiger charge is -2.18. The van der Waals surface area contributed by atoms with E-state index in [1.54, 1.807) is 19.1 Å². The Balaban J connectivity index is 0.00000576. The third kappa shape index (κ3) is 7.04. The Labute approximate surface area is 160 Å². The van der Waals surface area contributed by atoms with Crippen molar-refractivity contribution >= 4 is 34.6 Å². The predicted molar refractivity (Wildman–Crippen MR) is 104 cm³/mol. The summed E-state index contributed by atoms with van der Waals surface area (Å²) in [5.41, 5.74) is 6.31. The summed E-state index contributed by atoms with van der Waals surface area (Å²) in [5.74, 6) is -1.16. The highest BCUT2D eigenvalue weighted by Gasteiger charge is 2.23. The van der Waals surface area contributed by atoms with Gasteiger partial charge in [0, 0.05) is 12.2 Å². The molecule has 1 aromatic carbocycles. The summed E-state index contributed by atoms with van der Waals surface area (Å²) in [7, 11) is 0. The number of nitrogen functional groups attached to an aromatic ring is 1. The highest BCUT2D eigenvalue weighted by Crippen LogP contribution is 2.20. The van der Waals surface area contributed by atoms with Gasteiger partial charge in [-0.1, -0.05) is 26.8 Å². The van der Waals surface area contributed by atoms with Gasteiger partial charge >= 0.3 is 11.9 Å². The van der Waals surface area contributed by atoms with Gasteiger partial charge in [-0.15, -0.1) is 17.0 Å². The number of rotatable bonds is 9. The van der Waals surface area contributed by atoms with E-state index >= 15 is 0 Å². The fourth-order valence-electron chi connectivity index (χ4n) is 2.18. The molecule has 1 aromatic rings. The van der Waals surface area contributed by atoms with Crippen LogP contribution in [0.15, 0.2) is 18.2 Å². The number of likely N-dealkylation sites (N-methyl/N-ethyl adjacent to an activating group) is 1. The standard InChI is InChI=1S/C18H28N2O4.BrH/c1-5-13(4)24-18(22)16-14(9-8-10-15(16)19)17(21)23-12-11-20(6-2)7-3;/h8-10,13H,5-7,11-12,19H2,1-4H3;1H. The van der Waals surface area contributed by atoms with Gasteiger partial charge in [-0.05, 0) is 38.6 Å². The number of carbonyl (C=O) groups excluding carboxylic acids is 2. The van der Waals surface area contributed by atoms with Gasteiger partial charge in [-0.2, -0.15) is 0 Å². The first-order valence-corrected chi connectivity index (χ1v) is 8.43. The summed E-state index contributed by atoms with van der Waals surface area (Å²) < 4.78 is 10.6. The normalized spacial score (nSPS) is 11.6. The Morgan fingerprint density at radius 2 is 1.80 bits per heavy atom. The van der Waals surface area contributed by atoms with Crippen molar-refractivity contribution in [3.8, 4) is 0 Å². The second kappa shape index (κ2) is 11.9. The van der Waals surface area contributed by atoms with Gasteiger partial charge in [0.15, 0.2) is 0 Å². The maximum atomic E-state index is 12.3. The summed E-state index contributed by atoms with van der Waals surface area (Å²) in [6.07, 6.45) is 0.436. The molecule has 0 heterocycles. The molecule has 0 saturated carbocycles. The minimum absolute atomic E-state index is 0. The highest BCUT2D eigenvalue weighted by atomic mass is 79.9. The van der Waals surface area contributed by atoms with Crippen LogP contribution in [0.2, 0.25) is 0 Å². The Kier molecular flexibility index (Phi) is 11.1. The average Bonchev–Trinajstić information content (AvgIpc) is 2.57. The maximum Gasteiger partial charge on any atom is 0.341 e. The quantitative estimate of drug-likeness (QED) is 0.491. The van der Waals surface area contributed by atoms with Crippen molar-refractivity contribution < 1.29 is 19.1 Å². The second-order valence-corrected chi connectivity index (χ2v) is 5.56. The van der Waals surface area contributed by atoms with Gasteiger partial charge in [0.2, 0.25) is 0 Å². The van der Waals surface area contributed by atoms with Crippen molar-refractivity contribution in [3.63, 3.8) is 0 Å². The highest BCUT2D eigenvalue weighted by molar-refractivity contribution is 8.93. The molecule has 1 atom stereocenters. The number of nitrogens with zero attached hydrogens (tertiary/aromatic N) is 1. The Hall–Kier alpha value is -1.60. The molecule has 0 spiro atoms. The third-order valence-corrected chi connectivity index (χ3v) is 3.94. The number of hydrogen-bond donors (Lipinski definition) is 1. The molecule has 142 valence electrons. The zero-order chi connectivity index (χ0) is 18.1. The van der Waals surface area contributed by atoms with Crippen LogP contribution in [0, 0.1) is 0 Å². The monoisotopic (exact) mass is 416 g/mol. The molecule has 0 amide bonds. The molecule has 25 heavy (non-hydrogen) atoms. The summed E-state index contributed by atoms with van der Waals surface area (Å²) >= 11 is 0. The molecule has 0 fully saturated rings. The van der Waals surface area contributed by atoms with E-state index in [1.165, 1.54) is 6.07 Å². The fourth-order valence-corrected chi connectivity index (χ4v) is 2.18. The average molecular weight is 417 g/mol. The summed E-state index contributed by atoms with van der Waals surface area (Å²) in [6.45, 7) is 10.5. The van der Waals surface area contributed by atoms with Gasteiger partial charge in [0.05, 0.1) is 17.2 Å². The number of carbonyl (C=O) groups is 2. The molecule has 2 N–H and O–H groups in total. The minimum Gasteiger partial charge on any atom is -0.461 e. The third-order valence-electron chi connectivity index (χ3n) is 3.94. The molecule has 6 nitrogen and oxygen atoms in total. The summed E-state index contributed by atoms with van der Waals surface area (Å²) in [6, 6.07) is 4.72. The van der Waals surface area contributed by atoms with Crippen LogP contribution in [0.4, 0.5) is 5.69 Å². The van der Waals surface area contributed by atoms with Crippen LogP contribution in [-0.4, -0.2) is 49.2 Å². The molecule has 0 radical (unpaired) electrons. The van der Waals surface area contributed by atoms with E-state index in [2.05, 4.69) is 4.90 Å². The van der Waals surface area contributed by atoms with Crippen LogP contribution in [0.25, 0.3) is 0 Å². The fraction of sp³-hybridized carbons (Fsp3) is 0.556. The molecule has 0 aromatic heterocycles. The van der Waals surface area contributed by atoms with Crippen molar-refractivity contribution in [2.45, 2.75) is 40.2 Å². The van der Waals surface area contributed by atoms with E-state index in [9.17, 15) is 9.59 Å². The van der Waals surface area contributed by atoms with E-state index in [0.29, 0.717) is 13.0 Å². The molecular formula is C18H29BrN2O4. The van der Waals surface area contributed by atoms with Crippen LogP contribution >= 0.6 is 17.0 Å². The first-order valence-electron chi connectivity index (χ1n) is 8.43.